The van der Waals surface area contributed by atoms with Crippen LogP contribution >= 0.6 is 0 Å². The minimum absolute atomic E-state index is 0.0531. The highest BCUT2D eigenvalue weighted by Gasteiger charge is 2.30. The molecule has 4 rings (SSSR count). The van der Waals surface area contributed by atoms with Crippen molar-refractivity contribution in [1.29, 1.82) is 0 Å². The van der Waals surface area contributed by atoms with Gasteiger partial charge in [0.05, 0.1) is 12.7 Å². The maximum absolute atomic E-state index is 12.9. The van der Waals surface area contributed by atoms with Crippen molar-refractivity contribution in [3.63, 3.8) is 0 Å². The Labute approximate surface area is 164 Å². The Hall–Kier alpha value is -3.02. The number of benzene rings is 2. The highest BCUT2D eigenvalue weighted by atomic mass is 16.6. The van der Waals surface area contributed by atoms with Crippen LogP contribution < -0.4 is 14.2 Å². The number of nitrogens with zero attached hydrogens (tertiary/aromatic N) is 1. The van der Waals surface area contributed by atoms with Crippen LogP contribution in [0.4, 0.5) is 0 Å². The molecule has 1 fully saturated rings. The summed E-state index contributed by atoms with van der Waals surface area (Å²) in [4.78, 5) is 27.5. The molecule has 2 aromatic rings. The van der Waals surface area contributed by atoms with Crippen molar-refractivity contribution in [2.75, 3.05) is 33.4 Å². The maximum atomic E-state index is 12.9. The van der Waals surface area contributed by atoms with Crippen molar-refractivity contribution in [2.24, 2.45) is 5.92 Å². The molecule has 2 aromatic carbocycles. The summed E-state index contributed by atoms with van der Waals surface area (Å²) < 4.78 is 16.4. The van der Waals surface area contributed by atoms with Crippen molar-refractivity contribution < 1.29 is 23.8 Å². The fourth-order valence-corrected chi connectivity index (χ4v) is 3.77. The molecule has 146 valence electrons. The van der Waals surface area contributed by atoms with Gasteiger partial charge in [-0.1, -0.05) is 12.1 Å². The van der Waals surface area contributed by atoms with Crippen LogP contribution in [0.3, 0.4) is 0 Å². The lowest BCUT2D eigenvalue weighted by Crippen LogP contribution is -2.40. The van der Waals surface area contributed by atoms with Gasteiger partial charge in [-0.25, -0.2) is 0 Å². The van der Waals surface area contributed by atoms with Gasteiger partial charge in [-0.3, -0.25) is 9.59 Å². The van der Waals surface area contributed by atoms with E-state index < -0.39 is 0 Å². The molecule has 0 aliphatic carbocycles. The number of ether oxygens (including phenoxy) is 3. The summed E-state index contributed by atoms with van der Waals surface area (Å²) in [5, 5.41) is 0. The van der Waals surface area contributed by atoms with Crippen LogP contribution in [0.2, 0.25) is 0 Å². The third-order valence-electron chi connectivity index (χ3n) is 5.32. The molecule has 6 nitrogen and oxygen atoms in total. The summed E-state index contributed by atoms with van der Waals surface area (Å²) >= 11 is 0. The average Bonchev–Trinajstić information content (AvgIpc) is 2.77. The zero-order valence-corrected chi connectivity index (χ0v) is 15.8. The van der Waals surface area contributed by atoms with Crippen LogP contribution in [-0.2, 0) is 0 Å². The molecule has 0 spiro atoms. The standard InChI is InChI=1S/C22H23NO5/c1-26-18-5-3-2-4-17(18)22(25)23-10-8-15(9-11-23)21(24)16-6-7-19-20(14-16)28-13-12-27-19/h2-7,14-15H,8-13H2,1H3. The molecule has 1 saturated heterocycles. The van der Waals surface area contributed by atoms with Gasteiger partial charge in [-0.15, -0.1) is 0 Å². The van der Waals surface area contributed by atoms with Gasteiger partial charge in [0.25, 0.3) is 5.91 Å². The Morgan fingerprint density at radius 2 is 1.71 bits per heavy atom. The normalized spacial score (nSPS) is 16.5. The number of hydrogen-bond acceptors (Lipinski definition) is 5. The van der Waals surface area contributed by atoms with E-state index in [0.717, 1.165) is 0 Å². The largest absolute Gasteiger partial charge is 0.496 e. The highest BCUT2D eigenvalue weighted by molar-refractivity contribution is 5.99. The van der Waals surface area contributed by atoms with Gasteiger partial charge in [0.1, 0.15) is 19.0 Å². The zero-order valence-electron chi connectivity index (χ0n) is 15.8. The fraction of sp³-hybridized carbons (Fsp3) is 0.364. The van der Waals surface area contributed by atoms with Gasteiger partial charge >= 0.3 is 0 Å². The number of piperidine rings is 1. The van der Waals surface area contributed by atoms with Crippen LogP contribution in [0.1, 0.15) is 33.6 Å². The number of rotatable bonds is 4. The van der Waals surface area contributed by atoms with E-state index in [1.54, 1.807) is 42.3 Å². The smallest absolute Gasteiger partial charge is 0.257 e. The molecule has 2 aliphatic heterocycles. The first kappa shape index (κ1) is 18.3. The van der Waals surface area contributed by atoms with Crippen molar-refractivity contribution in [3.05, 3.63) is 53.6 Å². The molecule has 1 amide bonds. The molecule has 28 heavy (non-hydrogen) atoms. The molecular weight excluding hydrogens is 358 g/mol. The van der Waals surface area contributed by atoms with Crippen molar-refractivity contribution >= 4 is 11.7 Å². The fourth-order valence-electron chi connectivity index (χ4n) is 3.77. The number of ketones is 1. The molecule has 2 heterocycles. The lowest BCUT2D eigenvalue weighted by atomic mass is 9.88. The monoisotopic (exact) mass is 381 g/mol. The summed E-state index contributed by atoms with van der Waals surface area (Å²) in [6.07, 6.45) is 1.29. The molecule has 0 N–H and O–H groups in total. The van der Waals surface area contributed by atoms with Crippen LogP contribution in [0.15, 0.2) is 42.5 Å². The number of carbonyl (C=O) groups excluding carboxylic acids is 2. The molecule has 0 aromatic heterocycles. The summed E-state index contributed by atoms with van der Waals surface area (Å²) in [7, 11) is 1.56. The predicted molar refractivity (Wildman–Crippen MR) is 103 cm³/mol. The van der Waals surface area contributed by atoms with Gasteiger partial charge in [-0.2, -0.15) is 0 Å². The minimum Gasteiger partial charge on any atom is -0.496 e. The van der Waals surface area contributed by atoms with Gasteiger partial charge < -0.3 is 19.1 Å². The summed E-state index contributed by atoms with van der Waals surface area (Å²) in [5.74, 6) is 1.83. The summed E-state index contributed by atoms with van der Waals surface area (Å²) in [5.41, 5.74) is 1.19. The van der Waals surface area contributed by atoms with Crippen LogP contribution in [-0.4, -0.2) is 50.0 Å². The molecule has 0 saturated carbocycles. The Kier molecular flexibility index (Phi) is 5.19. The molecule has 0 atom stereocenters. The summed E-state index contributed by atoms with van der Waals surface area (Å²) in [6.45, 7) is 2.13. The second-order valence-corrected chi connectivity index (χ2v) is 6.99. The van der Waals surface area contributed by atoms with E-state index in [1.165, 1.54) is 0 Å². The molecule has 6 heteroatoms. The number of Topliss-reactive ketones (excluding diaryl/α,β-unsaturated/α-hetero) is 1. The first-order valence-electron chi connectivity index (χ1n) is 9.53. The second-order valence-electron chi connectivity index (χ2n) is 6.99. The number of amides is 1. The van der Waals surface area contributed by atoms with Crippen LogP contribution in [0.5, 0.6) is 17.2 Å². The predicted octanol–water partition coefficient (Wildman–Crippen LogP) is 3.20. The molecule has 0 bridgehead atoms. The SMILES string of the molecule is COc1ccccc1C(=O)N1CCC(C(=O)c2ccc3c(c2)OCCO3)CC1. The first-order chi connectivity index (χ1) is 13.7. The lowest BCUT2D eigenvalue weighted by Gasteiger charge is -2.31. The Balaban J connectivity index is 1.41. The van der Waals surface area contributed by atoms with E-state index in [-0.39, 0.29) is 17.6 Å². The number of methoxy groups -OCH3 is 1. The second kappa shape index (κ2) is 7.92. The third-order valence-corrected chi connectivity index (χ3v) is 5.32. The molecule has 0 radical (unpaired) electrons. The van der Waals surface area contributed by atoms with E-state index in [0.29, 0.717) is 67.5 Å². The van der Waals surface area contributed by atoms with Gasteiger partial charge in [0, 0.05) is 24.6 Å². The van der Waals surface area contributed by atoms with E-state index in [4.69, 9.17) is 14.2 Å². The number of carbonyl (C=O) groups is 2. The number of hydrogen-bond donors (Lipinski definition) is 0. The first-order valence-corrected chi connectivity index (χ1v) is 9.53. The molecule has 0 unspecified atom stereocenters. The average molecular weight is 381 g/mol. The van der Waals surface area contributed by atoms with Gasteiger partial charge in [-0.05, 0) is 43.2 Å². The van der Waals surface area contributed by atoms with Crippen LogP contribution in [0.25, 0.3) is 0 Å². The van der Waals surface area contributed by atoms with E-state index in [9.17, 15) is 9.59 Å². The quantitative estimate of drug-likeness (QED) is 0.761. The van der Waals surface area contributed by atoms with Crippen molar-refractivity contribution in [2.45, 2.75) is 12.8 Å². The van der Waals surface area contributed by atoms with E-state index in [1.807, 2.05) is 12.1 Å². The maximum Gasteiger partial charge on any atom is 0.257 e. The van der Waals surface area contributed by atoms with Gasteiger partial charge in [0.15, 0.2) is 17.3 Å². The number of para-hydroxylation sites is 1. The van der Waals surface area contributed by atoms with Crippen molar-refractivity contribution in [1.82, 2.24) is 4.90 Å². The Morgan fingerprint density at radius 1 is 1.00 bits per heavy atom. The third kappa shape index (κ3) is 3.54. The zero-order chi connectivity index (χ0) is 19.5. The molecule has 2 aliphatic rings. The Bertz CT molecular complexity index is 886. The number of fused-ring (bicyclic) bond motifs is 1. The Morgan fingerprint density at radius 3 is 2.46 bits per heavy atom. The topological polar surface area (TPSA) is 65.1 Å². The summed E-state index contributed by atoms with van der Waals surface area (Å²) in [6, 6.07) is 12.6. The van der Waals surface area contributed by atoms with E-state index >= 15 is 0 Å². The minimum atomic E-state index is -0.0933. The molecular formula is C22H23NO5. The highest BCUT2D eigenvalue weighted by Crippen LogP contribution is 2.33. The number of likely N-dealkylation sites (tertiary alicyclic amines) is 1. The van der Waals surface area contributed by atoms with Crippen molar-refractivity contribution in [3.8, 4) is 17.2 Å². The van der Waals surface area contributed by atoms with Crippen LogP contribution in [0, 0.1) is 5.92 Å². The van der Waals surface area contributed by atoms with E-state index in [2.05, 4.69) is 0 Å². The van der Waals surface area contributed by atoms with Gasteiger partial charge in [0.2, 0.25) is 0 Å². The lowest BCUT2D eigenvalue weighted by molar-refractivity contribution is 0.0647.